The Morgan fingerprint density at radius 2 is 1.93 bits per heavy atom. The molecule has 2 rings (SSSR count). The predicted molar refractivity (Wildman–Crippen MR) is 121 cm³/mol. The van der Waals surface area contributed by atoms with E-state index in [4.69, 9.17) is 0 Å². The quantitative estimate of drug-likeness (QED) is 0.261. The molecule has 0 bridgehead atoms. The maximum atomic E-state index is 11.2. The average Bonchev–Trinajstić information content (AvgIpc) is 2.92. The van der Waals surface area contributed by atoms with E-state index >= 15 is 0 Å². The van der Waals surface area contributed by atoms with Crippen LogP contribution in [-0.2, 0) is 16.4 Å². The number of rotatable bonds is 7. The van der Waals surface area contributed by atoms with Crippen LogP contribution in [0.4, 0.5) is 0 Å². The zero-order valence-electron chi connectivity index (χ0n) is 16.2. The summed E-state index contributed by atoms with van der Waals surface area (Å²) in [6.07, 6.45) is 1.79. The second kappa shape index (κ2) is 10.6. The maximum Gasteiger partial charge on any atom is 0.191 e. The van der Waals surface area contributed by atoms with Crippen molar-refractivity contribution in [2.75, 3.05) is 25.6 Å². The molecule has 150 valence electrons. The molecule has 7 nitrogen and oxygen atoms in total. The van der Waals surface area contributed by atoms with Gasteiger partial charge >= 0.3 is 0 Å². The largest absolute Gasteiger partial charge is 0.356 e. The Bertz CT molecular complexity index is 878. The SMILES string of the molecule is CN=C(NCCCS(C)(=O)=O)NCc1ccccc1-n1nc(C)cc1C.I. The van der Waals surface area contributed by atoms with Crippen molar-refractivity contribution in [3.63, 3.8) is 0 Å². The summed E-state index contributed by atoms with van der Waals surface area (Å²) in [5, 5.41) is 11.0. The lowest BCUT2D eigenvalue weighted by molar-refractivity contribution is 0.598. The van der Waals surface area contributed by atoms with Crippen molar-refractivity contribution in [1.82, 2.24) is 20.4 Å². The summed E-state index contributed by atoms with van der Waals surface area (Å²) in [5.41, 5.74) is 4.18. The fourth-order valence-electron chi connectivity index (χ4n) is 2.68. The topological polar surface area (TPSA) is 88.4 Å². The summed E-state index contributed by atoms with van der Waals surface area (Å²) in [4.78, 5) is 4.18. The average molecular weight is 505 g/mol. The Morgan fingerprint density at radius 1 is 1.22 bits per heavy atom. The highest BCUT2D eigenvalue weighted by Crippen LogP contribution is 2.16. The maximum absolute atomic E-state index is 11.2. The monoisotopic (exact) mass is 505 g/mol. The van der Waals surface area contributed by atoms with Gasteiger partial charge in [0.15, 0.2) is 5.96 Å². The van der Waals surface area contributed by atoms with Crippen LogP contribution in [0.3, 0.4) is 0 Å². The van der Waals surface area contributed by atoms with Crippen molar-refractivity contribution in [3.05, 3.63) is 47.3 Å². The molecule has 1 aromatic heterocycles. The molecule has 0 fully saturated rings. The first-order valence-electron chi connectivity index (χ1n) is 8.54. The Labute approximate surface area is 178 Å². The van der Waals surface area contributed by atoms with Gasteiger partial charge in [0.1, 0.15) is 9.84 Å². The van der Waals surface area contributed by atoms with E-state index < -0.39 is 9.84 Å². The summed E-state index contributed by atoms with van der Waals surface area (Å²) in [6.45, 7) is 5.14. The zero-order valence-corrected chi connectivity index (χ0v) is 19.3. The third-order valence-electron chi connectivity index (χ3n) is 3.88. The van der Waals surface area contributed by atoms with Gasteiger partial charge in [-0.25, -0.2) is 13.1 Å². The molecule has 0 unspecified atom stereocenters. The second-order valence-corrected chi connectivity index (χ2v) is 8.56. The van der Waals surface area contributed by atoms with Crippen LogP contribution in [0.1, 0.15) is 23.4 Å². The van der Waals surface area contributed by atoms with Gasteiger partial charge in [0.05, 0.1) is 17.1 Å². The minimum Gasteiger partial charge on any atom is -0.356 e. The van der Waals surface area contributed by atoms with Gasteiger partial charge in [-0.3, -0.25) is 4.99 Å². The number of para-hydroxylation sites is 1. The van der Waals surface area contributed by atoms with Gasteiger partial charge in [-0.1, -0.05) is 18.2 Å². The van der Waals surface area contributed by atoms with Gasteiger partial charge in [0.25, 0.3) is 0 Å². The van der Waals surface area contributed by atoms with Crippen LogP contribution in [0.25, 0.3) is 5.69 Å². The van der Waals surface area contributed by atoms with Crippen molar-refractivity contribution < 1.29 is 8.42 Å². The number of hydrogen-bond donors (Lipinski definition) is 2. The number of aryl methyl sites for hydroxylation is 2. The molecule has 0 saturated heterocycles. The van der Waals surface area contributed by atoms with Crippen LogP contribution < -0.4 is 10.6 Å². The van der Waals surface area contributed by atoms with Crippen LogP contribution in [0, 0.1) is 13.8 Å². The summed E-state index contributed by atoms with van der Waals surface area (Å²) < 4.78 is 24.3. The van der Waals surface area contributed by atoms with E-state index in [9.17, 15) is 8.42 Å². The minimum atomic E-state index is -2.93. The van der Waals surface area contributed by atoms with Crippen molar-refractivity contribution in [3.8, 4) is 5.69 Å². The molecule has 0 aliphatic heterocycles. The number of aliphatic imine (C=N–C) groups is 1. The van der Waals surface area contributed by atoms with Gasteiger partial charge in [0, 0.05) is 32.1 Å². The lowest BCUT2D eigenvalue weighted by Gasteiger charge is -2.15. The van der Waals surface area contributed by atoms with E-state index in [0.29, 0.717) is 25.5 Å². The molecule has 1 aromatic carbocycles. The molecular weight excluding hydrogens is 477 g/mol. The van der Waals surface area contributed by atoms with Crippen LogP contribution in [0.2, 0.25) is 0 Å². The second-order valence-electron chi connectivity index (χ2n) is 6.30. The summed E-state index contributed by atoms with van der Waals surface area (Å²) in [7, 11) is -1.24. The molecule has 0 amide bonds. The molecule has 0 radical (unpaired) electrons. The van der Waals surface area contributed by atoms with Gasteiger partial charge < -0.3 is 10.6 Å². The molecule has 0 saturated carbocycles. The van der Waals surface area contributed by atoms with Crippen LogP contribution in [0.5, 0.6) is 0 Å². The van der Waals surface area contributed by atoms with Gasteiger partial charge in [0.2, 0.25) is 0 Å². The van der Waals surface area contributed by atoms with Crippen molar-refractivity contribution in [2.24, 2.45) is 4.99 Å². The smallest absolute Gasteiger partial charge is 0.191 e. The van der Waals surface area contributed by atoms with Crippen molar-refractivity contribution in [2.45, 2.75) is 26.8 Å². The number of benzene rings is 1. The fourth-order valence-corrected chi connectivity index (χ4v) is 3.35. The van der Waals surface area contributed by atoms with Gasteiger partial charge in [-0.05, 0) is 38.0 Å². The Balaban J connectivity index is 0.00000364. The highest BCUT2D eigenvalue weighted by Gasteiger charge is 2.09. The van der Waals surface area contributed by atoms with E-state index in [1.165, 1.54) is 6.26 Å². The minimum absolute atomic E-state index is 0. The molecule has 0 spiro atoms. The number of halogens is 1. The number of hydrogen-bond acceptors (Lipinski definition) is 4. The third-order valence-corrected chi connectivity index (χ3v) is 4.91. The van der Waals surface area contributed by atoms with Crippen molar-refractivity contribution >= 4 is 39.8 Å². The first kappa shape index (κ1) is 23.4. The first-order valence-corrected chi connectivity index (χ1v) is 10.6. The van der Waals surface area contributed by atoms with Gasteiger partial charge in [-0.2, -0.15) is 5.10 Å². The molecular formula is C18H28IN5O2S. The third kappa shape index (κ3) is 7.49. The molecule has 0 atom stereocenters. The first-order chi connectivity index (χ1) is 12.3. The van der Waals surface area contributed by atoms with Crippen LogP contribution in [-0.4, -0.2) is 49.8 Å². The number of guanidine groups is 1. The standard InChI is InChI=1S/C18H27N5O2S.HI/c1-14-12-15(2)23(22-14)17-9-6-5-8-16(17)13-21-18(19-3)20-10-7-11-26(4,24)25;/h5-6,8-9,12H,7,10-11,13H2,1-4H3,(H2,19,20,21);1H. The molecule has 2 N–H and O–H groups in total. The molecule has 27 heavy (non-hydrogen) atoms. The van der Waals surface area contributed by atoms with E-state index in [1.807, 2.05) is 42.8 Å². The Hall–Kier alpha value is -1.62. The zero-order chi connectivity index (χ0) is 19.2. The molecule has 9 heteroatoms. The Kier molecular flexibility index (Phi) is 9.23. The van der Waals surface area contributed by atoms with E-state index in [0.717, 1.165) is 22.6 Å². The van der Waals surface area contributed by atoms with Crippen molar-refractivity contribution in [1.29, 1.82) is 0 Å². The van der Waals surface area contributed by atoms with E-state index in [2.05, 4.69) is 26.8 Å². The molecule has 2 aromatic rings. The normalized spacial score (nSPS) is 11.8. The number of aromatic nitrogens is 2. The summed E-state index contributed by atoms with van der Waals surface area (Å²) in [6, 6.07) is 10.1. The molecule has 1 heterocycles. The lowest BCUT2D eigenvalue weighted by Crippen LogP contribution is -2.37. The van der Waals surface area contributed by atoms with Gasteiger partial charge in [-0.15, -0.1) is 24.0 Å². The highest BCUT2D eigenvalue weighted by molar-refractivity contribution is 14.0. The number of sulfone groups is 1. The summed E-state index contributed by atoms with van der Waals surface area (Å²) in [5.74, 6) is 0.805. The molecule has 0 aliphatic rings. The highest BCUT2D eigenvalue weighted by atomic mass is 127. The lowest BCUT2D eigenvalue weighted by atomic mass is 10.1. The summed E-state index contributed by atoms with van der Waals surface area (Å²) >= 11 is 0. The Morgan fingerprint density at radius 3 is 2.52 bits per heavy atom. The number of nitrogens with zero attached hydrogens (tertiary/aromatic N) is 3. The number of nitrogens with one attached hydrogen (secondary N) is 2. The van der Waals surface area contributed by atoms with Crippen LogP contribution >= 0.6 is 24.0 Å². The predicted octanol–water partition coefficient (Wildman–Crippen LogP) is 2.21. The fraction of sp³-hybridized carbons (Fsp3) is 0.444. The van der Waals surface area contributed by atoms with E-state index in [1.54, 1.807) is 7.05 Å². The molecule has 0 aliphatic carbocycles. The van der Waals surface area contributed by atoms with Crippen LogP contribution in [0.15, 0.2) is 35.3 Å². The van der Waals surface area contributed by atoms with E-state index in [-0.39, 0.29) is 29.7 Å².